The normalized spacial score (nSPS) is 14.3. The van der Waals surface area contributed by atoms with Gasteiger partial charge in [0.05, 0.1) is 36.7 Å². The van der Waals surface area contributed by atoms with E-state index >= 15 is 0 Å². The molecular formula is C23H47F3NO4PS. The zero-order valence-electron chi connectivity index (χ0n) is 21.5. The van der Waals surface area contributed by atoms with Crippen LogP contribution < -0.4 is 9.83 Å². The van der Waals surface area contributed by atoms with Crippen molar-refractivity contribution in [2.75, 3.05) is 24.6 Å². The molecular weight excluding hydrogens is 474 g/mol. The number of carboxylic acid groups (broad SMARTS) is 1. The van der Waals surface area contributed by atoms with Crippen LogP contribution in [-0.2, 0) is 14.8 Å². The van der Waals surface area contributed by atoms with Gasteiger partial charge in [0.1, 0.15) is 0 Å². The molecule has 0 bridgehead atoms. The fraction of sp³-hybridized carbons (Fsp3) is 0.957. The molecule has 0 aliphatic heterocycles. The quantitative estimate of drug-likeness (QED) is 0.245. The second-order valence-corrected chi connectivity index (χ2v) is 15.1. The smallest absolute Gasteiger partial charge is 0.511 e. The van der Waals surface area contributed by atoms with E-state index in [0.29, 0.717) is 0 Å². The minimum atomic E-state index is -5.67. The molecule has 2 atom stereocenters. The van der Waals surface area contributed by atoms with Gasteiger partial charge in [-0.15, -0.1) is 0 Å². The molecule has 0 radical (unpaired) electrons. The predicted octanol–water partition coefficient (Wildman–Crippen LogP) is 5.79. The number of aliphatic carboxylic acids is 1. The first kappa shape index (κ1) is 34.8. The summed E-state index contributed by atoms with van der Waals surface area (Å²) in [5.74, 6) is -2.69. The van der Waals surface area contributed by atoms with Gasteiger partial charge in [-0.25, -0.2) is 8.42 Å². The summed E-state index contributed by atoms with van der Waals surface area (Å²) in [6.07, 6.45) is 18.1. The Balaban J connectivity index is 0. The van der Waals surface area contributed by atoms with Gasteiger partial charge >= 0.3 is 15.5 Å². The van der Waals surface area contributed by atoms with Gasteiger partial charge in [-0.2, -0.15) is 17.9 Å². The van der Waals surface area contributed by atoms with Crippen molar-refractivity contribution in [3.05, 3.63) is 0 Å². The lowest BCUT2D eigenvalue weighted by Crippen LogP contribution is -2.54. The molecule has 0 saturated heterocycles. The van der Waals surface area contributed by atoms with E-state index in [9.17, 15) is 31.5 Å². The Hall–Kier alpha value is -0.400. The average molecular weight is 522 g/mol. The van der Waals surface area contributed by atoms with E-state index in [2.05, 4.69) is 27.7 Å². The molecule has 0 heterocycles. The van der Waals surface area contributed by atoms with Crippen LogP contribution in [0.15, 0.2) is 0 Å². The van der Waals surface area contributed by atoms with Gasteiger partial charge in [-0.1, -0.05) is 73.6 Å². The Labute approximate surface area is 201 Å². The SMILES string of the molecule is CCCC[P+](CCCC)(CCCC)CCCC.CC[C@H](C)[C@H](NS(=O)(=O)C(F)(F)F)C(=O)[O-]. The number of alkyl halides is 3. The van der Waals surface area contributed by atoms with Gasteiger partial charge in [0.25, 0.3) is 0 Å². The summed E-state index contributed by atoms with van der Waals surface area (Å²) in [5.41, 5.74) is -5.53. The number of rotatable bonds is 17. The Bertz CT molecular complexity index is 578. The molecule has 0 aliphatic rings. The highest BCUT2D eigenvalue weighted by atomic mass is 32.2. The second kappa shape index (κ2) is 18.0. The van der Waals surface area contributed by atoms with Crippen molar-refractivity contribution in [2.24, 2.45) is 5.92 Å². The summed E-state index contributed by atoms with van der Waals surface area (Å²) in [4.78, 5) is 10.5. The van der Waals surface area contributed by atoms with Crippen LogP contribution in [0, 0.1) is 5.92 Å². The minimum Gasteiger partial charge on any atom is -0.548 e. The maximum absolute atomic E-state index is 12.0. The fourth-order valence-electron chi connectivity index (χ4n) is 3.51. The van der Waals surface area contributed by atoms with Crippen LogP contribution >= 0.6 is 7.26 Å². The van der Waals surface area contributed by atoms with Gasteiger partial charge in [0, 0.05) is 7.26 Å². The average Bonchev–Trinajstić information content (AvgIpc) is 2.75. The van der Waals surface area contributed by atoms with E-state index in [1.54, 1.807) is 24.6 Å². The molecule has 33 heavy (non-hydrogen) atoms. The standard InChI is InChI=1S/C16H36P.C7H12F3NO4S/c1-5-9-13-17(14-10-6-2,15-11-7-3)16-12-8-4;1-3-4(2)5(6(12)13)11-16(14,15)7(8,9)10/h5-16H2,1-4H3;4-5,11H,3H2,1-2H3,(H,12,13)/q+1;/p-1/t;4-,5-/m.0/s1. The summed E-state index contributed by atoms with van der Waals surface area (Å²) in [6, 6.07) is -1.89. The zero-order valence-corrected chi connectivity index (χ0v) is 23.2. The first-order valence-electron chi connectivity index (χ1n) is 12.4. The first-order chi connectivity index (χ1) is 15.3. The monoisotopic (exact) mass is 521 g/mol. The lowest BCUT2D eigenvalue weighted by Gasteiger charge is -2.28. The van der Waals surface area contributed by atoms with Crippen LogP contribution in [0.3, 0.4) is 0 Å². The number of carbonyl (C=O) groups is 1. The van der Waals surface area contributed by atoms with Crippen molar-refractivity contribution in [3.63, 3.8) is 0 Å². The first-order valence-corrected chi connectivity index (χ1v) is 16.4. The number of unbranched alkanes of at least 4 members (excludes halogenated alkanes) is 4. The van der Waals surface area contributed by atoms with Crippen LogP contribution in [0.2, 0.25) is 0 Å². The highest BCUT2D eigenvalue weighted by Crippen LogP contribution is 2.61. The van der Waals surface area contributed by atoms with E-state index < -0.39 is 40.7 Å². The van der Waals surface area contributed by atoms with Crippen LogP contribution in [0.1, 0.15) is 99.3 Å². The van der Waals surface area contributed by atoms with E-state index in [-0.39, 0.29) is 6.42 Å². The topological polar surface area (TPSA) is 86.3 Å². The highest BCUT2D eigenvalue weighted by molar-refractivity contribution is 7.90. The molecule has 0 aliphatic carbocycles. The van der Waals surface area contributed by atoms with Crippen LogP contribution in [0.5, 0.6) is 0 Å². The molecule has 10 heteroatoms. The third-order valence-electron chi connectivity index (χ3n) is 6.00. The predicted molar refractivity (Wildman–Crippen MR) is 132 cm³/mol. The van der Waals surface area contributed by atoms with Crippen molar-refractivity contribution < 1.29 is 31.5 Å². The van der Waals surface area contributed by atoms with E-state index in [1.165, 1.54) is 65.2 Å². The molecule has 0 spiro atoms. The molecule has 1 N–H and O–H groups in total. The molecule has 0 aromatic heterocycles. The number of nitrogens with one attached hydrogen (secondary N) is 1. The van der Waals surface area contributed by atoms with Gasteiger partial charge in [-0.3, -0.25) is 0 Å². The van der Waals surface area contributed by atoms with Crippen molar-refractivity contribution in [1.29, 1.82) is 0 Å². The van der Waals surface area contributed by atoms with Crippen molar-refractivity contribution >= 4 is 23.3 Å². The Morgan fingerprint density at radius 3 is 1.39 bits per heavy atom. The zero-order chi connectivity index (χ0) is 26.1. The van der Waals surface area contributed by atoms with Crippen LogP contribution in [0.4, 0.5) is 13.2 Å². The van der Waals surface area contributed by atoms with Crippen LogP contribution in [0.25, 0.3) is 0 Å². The summed E-state index contributed by atoms with van der Waals surface area (Å²) in [6.45, 7) is 12.2. The maximum Gasteiger partial charge on any atom is 0.511 e. The van der Waals surface area contributed by atoms with Crippen LogP contribution in [-0.4, -0.2) is 50.6 Å². The Morgan fingerprint density at radius 1 is 0.848 bits per heavy atom. The van der Waals surface area contributed by atoms with E-state index in [1.807, 2.05) is 0 Å². The molecule has 5 nitrogen and oxygen atoms in total. The molecule has 0 rings (SSSR count). The summed E-state index contributed by atoms with van der Waals surface area (Å²) in [7, 11) is -6.23. The number of halogens is 3. The number of hydrogen-bond donors (Lipinski definition) is 1. The number of carbonyl (C=O) groups excluding carboxylic acids is 1. The summed E-state index contributed by atoms with van der Waals surface area (Å²) < 4.78 is 58.3. The fourth-order valence-corrected chi connectivity index (χ4v) is 9.60. The number of hydrogen-bond acceptors (Lipinski definition) is 4. The van der Waals surface area contributed by atoms with Gasteiger partial charge in [0.2, 0.25) is 0 Å². The molecule has 200 valence electrons. The molecule has 0 aromatic carbocycles. The lowest BCUT2D eigenvalue weighted by molar-refractivity contribution is -0.309. The third-order valence-corrected chi connectivity index (χ3v) is 12.2. The van der Waals surface area contributed by atoms with Gasteiger partial charge in [0.15, 0.2) is 0 Å². The van der Waals surface area contributed by atoms with Crippen molar-refractivity contribution in [2.45, 2.75) is 111 Å². The van der Waals surface area contributed by atoms with Crippen molar-refractivity contribution in [1.82, 2.24) is 4.72 Å². The summed E-state index contributed by atoms with van der Waals surface area (Å²) >= 11 is 0. The van der Waals surface area contributed by atoms with E-state index in [0.717, 1.165) is 4.72 Å². The second-order valence-electron chi connectivity index (χ2n) is 8.90. The molecule has 0 saturated carbocycles. The number of sulfonamides is 1. The van der Waals surface area contributed by atoms with Crippen molar-refractivity contribution in [3.8, 4) is 0 Å². The molecule has 0 aromatic rings. The highest BCUT2D eigenvalue weighted by Gasteiger charge is 2.47. The van der Waals surface area contributed by atoms with Gasteiger partial charge in [-0.05, 0) is 31.6 Å². The summed E-state index contributed by atoms with van der Waals surface area (Å²) in [5, 5.41) is 10.5. The largest absolute Gasteiger partial charge is 0.548 e. The maximum atomic E-state index is 12.0. The molecule has 0 fully saturated rings. The Kier molecular flexibility index (Phi) is 18.9. The minimum absolute atomic E-state index is 0.193. The molecule has 0 unspecified atom stereocenters. The third kappa shape index (κ3) is 14.6. The molecule has 0 amide bonds. The Morgan fingerprint density at radius 2 is 1.18 bits per heavy atom. The van der Waals surface area contributed by atoms with E-state index in [4.69, 9.17) is 0 Å². The number of carboxylic acids is 1. The van der Waals surface area contributed by atoms with Gasteiger partial charge < -0.3 is 9.90 Å². The lowest BCUT2D eigenvalue weighted by atomic mass is 10.0.